The third-order valence-electron chi connectivity index (χ3n) is 2.83. The maximum atomic E-state index is 12.3. The lowest BCUT2D eigenvalue weighted by molar-refractivity contribution is 0.601. The highest BCUT2D eigenvalue weighted by Gasteiger charge is 2.20. The minimum absolute atomic E-state index is 0.0109. The molecule has 0 radical (unpaired) electrons. The molecule has 7 heteroatoms. The molecule has 0 amide bonds. The molecule has 0 aliphatic rings. The van der Waals surface area contributed by atoms with E-state index in [0.29, 0.717) is 16.9 Å². The number of nitrogens with two attached hydrogens (primary N) is 1. The van der Waals surface area contributed by atoms with Crippen LogP contribution in [0.25, 0.3) is 0 Å². The number of rotatable bonds is 3. The number of sulfonamides is 1. The Labute approximate surface area is 127 Å². The SMILES string of the molecule is Cc1c(N)cccc1NS(=O)(=O)c1cccc(Cl)c1Cl. The molecule has 0 aliphatic carbocycles. The summed E-state index contributed by atoms with van der Waals surface area (Å²) in [5.41, 5.74) is 7.30. The van der Waals surface area contributed by atoms with Crippen molar-refractivity contribution in [1.82, 2.24) is 0 Å². The summed E-state index contributed by atoms with van der Waals surface area (Å²) >= 11 is 11.8. The number of nitrogen functional groups attached to an aromatic ring is 1. The lowest BCUT2D eigenvalue weighted by atomic mass is 10.2. The van der Waals surface area contributed by atoms with E-state index in [1.54, 1.807) is 25.1 Å². The van der Waals surface area contributed by atoms with Gasteiger partial charge in [-0.05, 0) is 36.8 Å². The van der Waals surface area contributed by atoms with Crippen molar-refractivity contribution in [2.45, 2.75) is 11.8 Å². The molecule has 0 unspecified atom stereocenters. The predicted molar refractivity (Wildman–Crippen MR) is 82.9 cm³/mol. The zero-order valence-electron chi connectivity index (χ0n) is 10.5. The first-order chi connectivity index (χ1) is 9.33. The number of benzene rings is 2. The summed E-state index contributed by atoms with van der Waals surface area (Å²) in [6, 6.07) is 9.42. The van der Waals surface area contributed by atoms with Crippen molar-refractivity contribution >= 4 is 44.6 Å². The topological polar surface area (TPSA) is 72.2 Å². The molecule has 2 aromatic rings. The van der Waals surface area contributed by atoms with Gasteiger partial charge in [0.15, 0.2) is 0 Å². The predicted octanol–water partition coefficient (Wildman–Crippen LogP) is 3.68. The van der Waals surface area contributed by atoms with Crippen molar-refractivity contribution in [2.75, 3.05) is 10.5 Å². The van der Waals surface area contributed by atoms with Gasteiger partial charge in [0.1, 0.15) is 4.90 Å². The van der Waals surface area contributed by atoms with Gasteiger partial charge in [0, 0.05) is 5.69 Å². The molecule has 0 aromatic heterocycles. The van der Waals surface area contributed by atoms with Gasteiger partial charge in [0.05, 0.1) is 15.7 Å². The number of anilines is 2. The fourth-order valence-electron chi connectivity index (χ4n) is 1.66. The summed E-state index contributed by atoms with van der Waals surface area (Å²) in [7, 11) is -3.83. The van der Waals surface area contributed by atoms with Crippen LogP contribution >= 0.6 is 23.2 Å². The van der Waals surface area contributed by atoms with Crippen LogP contribution in [-0.2, 0) is 10.0 Å². The molecule has 2 rings (SSSR count). The Morgan fingerprint density at radius 3 is 2.45 bits per heavy atom. The largest absolute Gasteiger partial charge is 0.398 e. The van der Waals surface area contributed by atoms with Crippen molar-refractivity contribution in [3.05, 3.63) is 52.0 Å². The van der Waals surface area contributed by atoms with Gasteiger partial charge in [-0.15, -0.1) is 0 Å². The van der Waals surface area contributed by atoms with Gasteiger partial charge in [-0.2, -0.15) is 0 Å². The lowest BCUT2D eigenvalue weighted by Crippen LogP contribution is -2.14. The standard InChI is InChI=1S/C13H12Cl2N2O2S/c1-8-10(16)5-3-6-11(8)17-20(18,19)12-7-2-4-9(14)13(12)15/h2-7,17H,16H2,1H3. The smallest absolute Gasteiger partial charge is 0.263 e. The molecule has 0 bridgehead atoms. The van der Waals surface area contributed by atoms with Crippen LogP contribution in [0.3, 0.4) is 0 Å². The van der Waals surface area contributed by atoms with Crippen LogP contribution in [0.2, 0.25) is 10.0 Å². The average molecular weight is 331 g/mol. The van der Waals surface area contributed by atoms with Gasteiger partial charge in [-0.1, -0.05) is 35.3 Å². The average Bonchev–Trinajstić information content (AvgIpc) is 2.38. The van der Waals surface area contributed by atoms with E-state index in [0.717, 1.165) is 0 Å². The highest BCUT2D eigenvalue weighted by atomic mass is 35.5. The summed E-state index contributed by atoms with van der Waals surface area (Å²) in [4.78, 5) is -0.0755. The Bertz CT molecular complexity index is 761. The van der Waals surface area contributed by atoms with Crippen molar-refractivity contribution in [3.63, 3.8) is 0 Å². The second-order valence-corrected chi connectivity index (χ2v) is 6.61. The molecular formula is C13H12Cl2N2O2S. The third-order valence-corrected chi connectivity index (χ3v) is 5.16. The first-order valence-electron chi connectivity index (χ1n) is 5.65. The molecule has 0 heterocycles. The van der Waals surface area contributed by atoms with Crippen LogP contribution in [0.5, 0.6) is 0 Å². The van der Waals surface area contributed by atoms with Crippen molar-refractivity contribution in [1.29, 1.82) is 0 Å². The van der Waals surface area contributed by atoms with E-state index < -0.39 is 10.0 Å². The molecule has 20 heavy (non-hydrogen) atoms. The highest BCUT2D eigenvalue weighted by Crippen LogP contribution is 2.31. The van der Waals surface area contributed by atoms with Crippen molar-refractivity contribution in [3.8, 4) is 0 Å². The minimum atomic E-state index is -3.83. The molecule has 4 nitrogen and oxygen atoms in total. The van der Waals surface area contributed by atoms with E-state index in [9.17, 15) is 8.42 Å². The number of hydrogen-bond donors (Lipinski definition) is 2. The quantitative estimate of drug-likeness (QED) is 0.843. The van der Waals surface area contributed by atoms with Crippen molar-refractivity contribution in [2.24, 2.45) is 0 Å². The molecule has 0 spiro atoms. The second kappa shape index (κ2) is 5.52. The van der Waals surface area contributed by atoms with E-state index in [-0.39, 0.29) is 14.9 Å². The molecule has 0 saturated carbocycles. The normalized spacial score (nSPS) is 11.3. The van der Waals surface area contributed by atoms with Crippen LogP contribution in [0.15, 0.2) is 41.3 Å². The van der Waals surface area contributed by atoms with Crippen LogP contribution in [-0.4, -0.2) is 8.42 Å². The first-order valence-corrected chi connectivity index (χ1v) is 7.89. The molecule has 3 N–H and O–H groups in total. The van der Waals surface area contributed by atoms with Crippen LogP contribution in [0.4, 0.5) is 11.4 Å². The molecule has 0 saturated heterocycles. The zero-order chi connectivity index (χ0) is 14.9. The monoisotopic (exact) mass is 330 g/mol. The number of hydrogen-bond acceptors (Lipinski definition) is 3. The molecule has 2 aromatic carbocycles. The van der Waals surface area contributed by atoms with Crippen molar-refractivity contribution < 1.29 is 8.42 Å². The first kappa shape index (κ1) is 15.0. The summed E-state index contributed by atoms with van der Waals surface area (Å²) in [6.45, 7) is 1.73. The van der Waals surface area contributed by atoms with E-state index in [1.165, 1.54) is 18.2 Å². The summed E-state index contributed by atoms with van der Waals surface area (Å²) in [6.07, 6.45) is 0. The Balaban J connectivity index is 2.47. The Morgan fingerprint density at radius 1 is 1.10 bits per heavy atom. The van der Waals surface area contributed by atoms with Gasteiger partial charge in [0.25, 0.3) is 10.0 Å². The van der Waals surface area contributed by atoms with E-state index in [4.69, 9.17) is 28.9 Å². The second-order valence-electron chi connectivity index (χ2n) is 4.18. The van der Waals surface area contributed by atoms with Gasteiger partial charge >= 0.3 is 0 Å². The fraction of sp³-hybridized carbons (Fsp3) is 0.0769. The Morgan fingerprint density at radius 2 is 1.75 bits per heavy atom. The fourth-order valence-corrected chi connectivity index (χ4v) is 3.54. The van der Waals surface area contributed by atoms with Gasteiger partial charge in [0.2, 0.25) is 0 Å². The van der Waals surface area contributed by atoms with Crippen LogP contribution in [0, 0.1) is 6.92 Å². The number of halogens is 2. The molecule has 0 fully saturated rings. The molecule has 0 atom stereocenters. The minimum Gasteiger partial charge on any atom is -0.398 e. The molecule has 0 aliphatic heterocycles. The van der Waals surface area contributed by atoms with Gasteiger partial charge < -0.3 is 5.73 Å². The summed E-state index contributed by atoms with van der Waals surface area (Å²) < 4.78 is 27.1. The molecular weight excluding hydrogens is 319 g/mol. The molecule has 106 valence electrons. The maximum Gasteiger partial charge on any atom is 0.263 e. The van der Waals surface area contributed by atoms with E-state index >= 15 is 0 Å². The summed E-state index contributed by atoms with van der Waals surface area (Å²) in [5.74, 6) is 0. The number of nitrogens with one attached hydrogen (secondary N) is 1. The van der Waals surface area contributed by atoms with Gasteiger partial charge in [-0.3, -0.25) is 4.72 Å². The zero-order valence-corrected chi connectivity index (χ0v) is 12.9. The van der Waals surface area contributed by atoms with E-state index in [2.05, 4.69) is 4.72 Å². The van der Waals surface area contributed by atoms with E-state index in [1.807, 2.05) is 0 Å². The highest BCUT2D eigenvalue weighted by molar-refractivity contribution is 7.92. The Hall–Kier alpha value is -1.43. The van der Waals surface area contributed by atoms with Gasteiger partial charge in [-0.25, -0.2) is 8.42 Å². The lowest BCUT2D eigenvalue weighted by Gasteiger charge is -2.13. The Kier molecular flexibility index (Phi) is 4.13. The van der Waals surface area contributed by atoms with Crippen LogP contribution in [0.1, 0.15) is 5.56 Å². The van der Waals surface area contributed by atoms with Crippen LogP contribution < -0.4 is 10.5 Å². The third kappa shape index (κ3) is 2.85. The maximum absolute atomic E-state index is 12.3. The summed E-state index contributed by atoms with van der Waals surface area (Å²) in [5, 5.41) is 0.169.